The number of benzene rings is 1. The van der Waals surface area contributed by atoms with E-state index in [9.17, 15) is 9.59 Å². The number of hydrogen-bond acceptors (Lipinski definition) is 5. The maximum absolute atomic E-state index is 13.0. The van der Waals surface area contributed by atoms with Crippen LogP contribution in [0.5, 0.6) is 0 Å². The minimum absolute atomic E-state index is 0.147. The normalized spacial score (nSPS) is 25.2. The van der Waals surface area contributed by atoms with Crippen LogP contribution in [-0.2, 0) is 11.2 Å². The van der Waals surface area contributed by atoms with E-state index in [0.29, 0.717) is 0 Å². The Morgan fingerprint density at radius 1 is 1.00 bits per heavy atom. The number of urea groups is 1. The zero-order valence-corrected chi connectivity index (χ0v) is 17.5. The Bertz CT molecular complexity index is 773. The summed E-state index contributed by atoms with van der Waals surface area (Å²) in [5.74, 6) is 0.754. The van der Waals surface area contributed by atoms with Crippen LogP contribution in [0.2, 0.25) is 0 Å². The van der Waals surface area contributed by atoms with Gasteiger partial charge in [-0.2, -0.15) is 0 Å². The first-order valence-corrected chi connectivity index (χ1v) is 10.8. The van der Waals surface area contributed by atoms with Gasteiger partial charge in [-0.1, -0.05) is 43.2 Å². The molecule has 0 spiro atoms. The van der Waals surface area contributed by atoms with Crippen molar-refractivity contribution in [3.05, 3.63) is 35.9 Å². The molecule has 3 amide bonds. The van der Waals surface area contributed by atoms with Crippen molar-refractivity contribution in [2.75, 3.05) is 33.7 Å². The van der Waals surface area contributed by atoms with Gasteiger partial charge in [-0.05, 0) is 31.2 Å². The van der Waals surface area contributed by atoms with Gasteiger partial charge in [0.15, 0.2) is 18.2 Å². The smallest absolute Gasteiger partial charge is 0.328 e. The fourth-order valence-electron chi connectivity index (χ4n) is 4.62. The minimum Gasteiger partial charge on any atom is -0.343 e. The van der Waals surface area contributed by atoms with Crippen LogP contribution >= 0.6 is 0 Å². The van der Waals surface area contributed by atoms with E-state index in [4.69, 9.17) is 4.99 Å². The minimum atomic E-state index is -0.429. The molecule has 0 aromatic heterocycles. The van der Waals surface area contributed by atoms with E-state index in [-0.39, 0.29) is 11.9 Å². The summed E-state index contributed by atoms with van der Waals surface area (Å²) < 4.78 is 0. The first-order chi connectivity index (χ1) is 14.1. The molecule has 7 heteroatoms. The third-order valence-corrected chi connectivity index (χ3v) is 6.29. The van der Waals surface area contributed by atoms with Crippen molar-refractivity contribution < 1.29 is 9.59 Å². The van der Waals surface area contributed by atoms with E-state index in [1.54, 1.807) is 19.0 Å². The summed E-state index contributed by atoms with van der Waals surface area (Å²) in [4.78, 5) is 37.8. The van der Waals surface area contributed by atoms with Gasteiger partial charge in [0.2, 0.25) is 0 Å². The van der Waals surface area contributed by atoms with Crippen molar-refractivity contribution in [2.45, 2.75) is 50.7 Å². The monoisotopic (exact) mass is 397 g/mol. The zero-order valence-electron chi connectivity index (χ0n) is 17.5. The number of fused-ring (bicyclic) bond motifs is 1. The quantitative estimate of drug-likeness (QED) is 0.783. The third kappa shape index (κ3) is 3.82. The average Bonchev–Trinajstić information content (AvgIpc) is 2.91. The molecular weight excluding hydrogens is 366 g/mol. The second-order valence-electron chi connectivity index (χ2n) is 8.26. The Morgan fingerprint density at radius 2 is 1.69 bits per heavy atom. The highest BCUT2D eigenvalue weighted by atomic mass is 16.2. The third-order valence-electron chi connectivity index (χ3n) is 6.29. The molecule has 1 aromatic rings. The topological polar surface area (TPSA) is 59.5 Å². The van der Waals surface area contributed by atoms with Gasteiger partial charge in [-0.25, -0.2) is 9.79 Å². The highest BCUT2D eigenvalue weighted by Gasteiger charge is 2.51. The van der Waals surface area contributed by atoms with Crippen LogP contribution in [0.4, 0.5) is 4.79 Å². The lowest BCUT2D eigenvalue weighted by Crippen LogP contribution is -2.64. The molecule has 0 aliphatic carbocycles. The lowest BCUT2D eigenvalue weighted by atomic mass is 10.1. The number of guanidine groups is 1. The van der Waals surface area contributed by atoms with Crippen molar-refractivity contribution in [1.82, 2.24) is 19.6 Å². The molecule has 2 fully saturated rings. The molecule has 0 bridgehead atoms. The Balaban J connectivity index is 1.56. The maximum atomic E-state index is 13.0. The predicted octanol–water partition coefficient (Wildman–Crippen LogP) is 2.39. The molecule has 1 aromatic carbocycles. The van der Waals surface area contributed by atoms with Crippen LogP contribution < -0.4 is 0 Å². The van der Waals surface area contributed by atoms with Crippen molar-refractivity contribution >= 4 is 17.9 Å². The van der Waals surface area contributed by atoms with Crippen molar-refractivity contribution in [2.24, 2.45) is 4.99 Å². The molecule has 2 unspecified atom stereocenters. The first-order valence-electron chi connectivity index (χ1n) is 10.8. The van der Waals surface area contributed by atoms with Gasteiger partial charge in [-0.15, -0.1) is 0 Å². The van der Waals surface area contributed by atoms with Crippen LogP contribution in [0.15, 0.2) is 35.3 Å². The molecule has 7 nitrogen and oxygen atoms in total. The molecular formula is C22H31N5O2. The lowest BCUT2D eigenvalue weighted by Gasteiger charge is -2.40. The summed E-state index contributed by atoms with van der Waals surface area (Å²) in [7, 11) is 3.32. The Kier molecular flexibility index (Phi) is 5.74. The summed E-state index contributed by atoms with van der Waals surface area (Å²) in [6.07, 6.45) is 6.25. The zero-order chi connectivity index (χ0) is 20.4. The van der Waals surface area contributed by atoms with E-state index in [0.717, 1.165) is 51.3 Å². The highest BCUT2D eigenvalue weighted by Crippen LogP contribution is 2.29. The Morgan fingerprint density at radius 3 is 2.38 bits per heavy atom. The summed E-state index contributed by atoms with van der Waals surface area (Å²) in [5, 5.41) is 0. The van der Waals surface area contributed by atoms with Crippen LogP contribution in [0.25, 0.3) is 0 Å². The number of aliphatic imine (C=N–C) groups is 1. The summed E-state index contributed by atoms with van der Waals surface area (Å²) in [6.45, 7) is 2.69. The molecule has 156 valence electrons. The maximum Gasteiger partial charge on any atom is 0.328 e. The summed E-state index contributed by atoms with van der Waals surface area (Å²) >= 11 is 0. The molecule has 3 aliphatic rings. The molecule has 0 N–H and O–H groups in total. The summed E-state index contributed by atoms with van der Waals surface area (Å²) in [5.41, 5.74) is 1.30. The van der Waals surface area contributed by atoms with Crippen molar-refractivity contribution in [3.63, 3.8) is 0 Å². The lowest BCUT2D eigenvalue weighted by molar-refractivity contribution is -0.136. The molecule has 0 radical (unpaired) electrons. The molecule has 2 saturated heterocycles. The number of carbonyl (C=O) groups is 2. The van der Waals surface area contributed by atoms with E-state index >= 15 is 0 Å². The number of likely N-dealkylation sites (N-methyl/N-ethyl adjacent to an activating group) is 2. The highest BCUT2D eigenvalue weighted by molar-refractivity contribution is 6.03. The number of nitrogens with zero attached hydrogens (tertiary/aromatic N) is 5. The number of carbonyl (C=O) groups excluding carboxylic acids is 2. The van der Waals surface area contributed by atoms with Crippen LogP contribution in [-0.4, -0.2) is 83.4 Å². The molecule has 29 heavy (non-hydrogen) atoms. The molecule has 4 rings (SSSR count). The number of aryl methyl sites for hydroxylation is 1. The van der Waals surface area contributed by atoms with E-state index in [1.165, 1.54) is 23.3 Å². The molecule has 3 heterocycles. The number of likely N-dealkylation sites (tertiary alicyclic amines) is 1. The number of rotatable bonds is 4. The standard InChI is InChI=1S/C22H31N5O2/c1-24-19-18(20(28)25(2)22(24)29)27(16-10-13-17-11-6-5-7-12-17)21(23-19)26-14-8-3-4-9-15-26/h5-7,11-12,18-19H,3-4,8-10,13-16H2,1-2H3. The Labute approximate surface area is 173 Å². The molecule has 3 aliphatic heterocycles. The SMILES string of the molecule is CN1C(=O)C2C(N=C(N3CCCCCC3)N2CCCc2ccccc2)N(C)C1=O. The van der Waals surface area contributed by atoms with Gasteiger partial charge in [0.1, 0.15) is 0 Å². The fourth-order valence-corrected chi connectivity index (χ4v) is 4.62. The van der Waals surface area contributed by atoms with Crippen LogP contribution in [0.1, 0.15) is 37.7 Å². The van der Waals surface area contributed by atoms with Crippen molar-refractivity contribution in [1.29, 1.82) is 0 Å². The molecule has 0 saturated carbocycles. The second-order valence-corrected chi connectivity index (χ2v) is 8.26. The number of amides is 3. The van der Waals surface area contributed by atoms with Crippen molar-refractivity contribution in [3.8, 4) is 0 Å². The van der Waals surface area contributed by atoms with E-state index < -0.39 is 12.2 Å². The van der Waals surface area contributed by atoms with Gasteiger partial charge in [-0.3, -0.25) is 9.69 Å². The largest absolute Gasteiger partial charge is 0.343 e. The predicted molar refractivity (Wildman–Crippen MR) is 112 cm³/mol. The van der Waals surface area contributed by atoms with Gasteiger partial charge in [0.25, 0.3) is 5.91 Å². The van der Waals surface area contributed by atoms with Gasteiger partial charge in [0, 0.05) is 33.7 Å². The van der Waals surface area contributed by atoms with E-state index in [2.05, 4.69) is 34.1 Å². The summed E-state index contributed by atoms with van der Waals surface area (Å²) in [6, 6.07) is 9.74. The average molecular weight is 398 g/mol. The van der Waals surface area contributed by atoms with Gasteiger partial charge in [0.05, 0.1) is 0 Å². The molecule has 2 atom stereocenters. The van der Waals surface area contributed by atoms with Gasteiger partial charge < -0.3 is 14.7 Å². The van der Waals surface area contributed by atoms with Gasteiger partial charge >= 0.3 is 6.03 Å². The number of imide groups is 1. The Hall–Kier alpha value is -2.57. The first kappa shape index (κ1) is 19.7. The fraction of sp³-hybridized carbons (Fsp3) is 0.591. The van der Waals surface area contributed by atoms with Crippen LogP contribution in [0, 0.1) is 0 Å². The number of hydrogen-bond donors (Lipinski definition) is 0. The van der Waals surface area contributed by atoms with Crippen LogP contribution in [0.3, 0.4) is 0 Å². The second kappa shape index (κ2) is 8.43. The van der Waals surface area contributed by atoms with E-state index in [1.807, 2.05) is 6.07 Å².